The van der Waals surface area contributed by atoms with Crippen LogP contribution in [-0.4, -0.2) is 32.1 Å². The van der Waals surface area contributed by atoms with Crippen molar-refractivity contribution in [2.24, 2.45) is 10.9 Å². The van der Waals surface area contributed by atoms with E-state index < -0.39 is 0 Å². The van der Waals surface area contributed by atoms with Crippen molar-refractivity contribution in [2.45, 2.75) is 39.8 Å². The zero-order chi connectivity index (χ0) is 16.1. The number of aliphatic imine (C=N–C) groups is 1. The fourth-order valence-electron chi connectivity index (χ4n) is 2.56. The van der Waals surface area contributed by atoms with Gasteiger partial charge in [-0.05, 0) is 43.9 Å². The third-order valence-corrected chi connectivity index (χ3v) is 4.23. The van der Waals surface area contributed by atoms with Crippen molar-refractivity contribution in [3.8, 4) is 0 Å². The third-order valence-electron chi connectivity index (χ3n) is 4.23. The van der Waals surface area contributed by atoms with Crippen LogP contribution in [0.5, 0.6) is 0 Å². The second-order valence-corrected chi connectivity index (χ2v) is 5.85. The Kier molecular flexibility index (Phi) is 5.63. The minimum absolute atomic E-state index is 0.165. The molecule has 1 saturated carbocycles. The van der Waals surface area contributed by atoms with Crippen LogP contribution >= 0.6 is 0 Å². The average Bonchev–Trinajstić information content (AvgIpc) is 3.21. The van der Waals surface area contributed by atoms with Crippen molar-refractivity contribution in [3.05, 3.63) is 29.6 Å². The molecule has 2 unspecified atom stereocenters. The fourth-order valence-corrected chi connectivity index (χ4v) is 2.56. The highest BCUT2D eigenvalue weighted by Gasteiger charge is 2.33. The molecule has 1 aliphatic carbocycles. The van der Waals surface area contributed by atoms with Crippen LogP contribution < -0.4 is 15.5 Å². The Morgan fingerprint density at radius 3 is 2.55 bits per heavy atom. The van der Waals surface area contributed by atoms with Gasteiger partial charge in [-0.2, -0.15) is 0 Å². The van der Waals surface area contributed by atoms with Gasteiger partial charge in [-0.25, -0.2) is 4.39 Å². The lowest BCUT2D eigenvalue weighted by molar-refractivity contribution is 0.616. The number of guanidine groups is 1. The Hall–Kier alpha value is -1.78. The summed E-state index contributed by atoms with van der Waals surface area (Å²) in [6.45, 7) is 8.46. The molecule has 4 nitrogen and oxygen atoms in total. The first kappa shape index (κ1) is 16.6. The number of halogens is 1. The molecule has 0 saturated heterocycles. The molecule has 0 amide bonds. The molecule has 0 spiro atoms. The quantitative estimate of drug-likeness (QED) is 0.627. The van der Waals surface area contributed by atoms with Gasteiger partial charge in [0, 0.05) is 32.7 Å². The Balaban J connectivity index is 1.94. The van der Waals surface area contributed by atoms with Gasteiger partial charge in [0.25, 0.3) is 0 Å². The van der Waals surface area contributed by atoms with Crippen LogP contribution in [0.3, 0.4) is 0 Å². The summed E-state index contributed by atoms with van der Waals surface area (Å²) in [5.41, 5.74) is 1.59. The average molecular weight is 306 g/mol. The van der Waals surface area contributed by atoms with Gasteiger partial charge in [-0.15, -0.1) is 0 Å². The first-order chi connectivity index (χ1) is 10.6. The maximum absolute atomic E-state index is 14.2. The molecule has 1 aliphatic rings. The predicted octanol–water partition coefficient (Wildman–Crippen LogP) is 2.75. The highest BCUT2D eigenvalue weighted by molar-refractivity contribution is 5.80. The third kappa shape index (κ3) is 4.12. The molecule has 0 aliphatic heterocycles. The van der Waals surface area contributed by atoms with Crippen LogP contribution in [0, 0.1) is 11.7 Å². The van der Waals surface area contributed by atoms with E-state index in [-0.39, 0.29) is 5.82 Å². The minimum Gasteiger partial charge on any atom is -0.370 e. The zero-order valence-electron chi connectivity index (χ0n) is 14.0. The summed E-state index contributed by atoms with van der Waals surface area (Å²) in [4.78, 5) is 6.22. The molecule has 0 aromatic heterocycles. The summed E-state index contributed by atoms with van der Waals surface area (Å²) in [6.07, 6.45) is 1.19. The van der Waals surface area contributed by atoms with Crippen molar-refractivity contribution in [1.29, 1.82) is 0 Å². The zero-order valence-corrected chi connectivity index (χ0v) is 14.0. The molecule has 1 fully saturated rings. The summed E-state index contributed by atoms with van der Waals surface area (Å²) in [5.74, 6) is 1.33. The fraction of sp³-hybridized carbons (Fsp3) is 0.588. The Bertz CT molecular complexity index is 525. The number of nitrogens with zero attached hydrogens (tertiary/aromatic N) is 2. The van der Waals surface area contributed by atoms with Crippen molar-refractivity contribution in [1.82, 2.24) is 10.6 Å². The van der Waals surface area contributed by atoms with E-state index in [2.05, 4.69) is 22.5 Å². The summed E-state index contributed by atoms with van der Waals surface area (Å²) >= 11 is 0. The lowest BCUT2D eigenvalue weighted by Gasteiger charge is -2.22. The highest BCUT2D eigenvalue weighted by atomic mass is 19.1. The van der Waals surface area contributed by atoms with Crippen molar-refractivity contribution >= 4 is 11.6 Å². The Morgan fingerprint density at radius 2 is 2.05 bits per heavy atom. The van der Waals surface area contributed by atoms with Crippen molar-refractivity contribution in [2.75, 3.05) is 25.0 Å². The van der Waals surface area contributed by atoms with Gasteiger partial charge in [0.2, 0.25) is 0 Å². The SMILES string of the molecule is CCN(CC)c1ccc(CNC(=NC)NC2CC2C)cc1F. The van der Waals surface area contributed by atoms with Crippen LogP contribution in [0.2, 0.25) is 0 Å². The molecule has 0 heterocycles. The summed E-state index contributed by atoms with van der Waals surface area (Å²) in [7, 11) is 1.76. The Labute approximate surface area is 132 Å². The first-order valence-corrected chi connectivity index (χ1v) is 8.09. The van der Waals surface area contributed by atoms with Crippen molar-refractivity contribution < 1.29 is 4.39 Å². The van der Waals surface area contributed by atoms with E-state index in [0.717, 1.165) is 24.6 Å². The van der Waals surface area contributed by atoms with E-state index in [4.69, 9.17) is 0 Å². The standard InChI is InChI=1S/C17H27FN4/c1-5-22(6-2)16-8-7-13(10-14(16)18)11-20-17(19-4)21-15-9-12(15)3/h7-8,10,12,15H,5-6,9,11H2,1-4H3,(H2,19,20,21). The van der Waals surface area contributed by atoms with Gasteiger partial charge >= 0.3 is 0 Å². The number of hydrogen-bond donors (Lipinski definition) is 2. The molecule has 2 rings (SSSR count). The molecule has 5 heteroatoms. The van der Waals surface area contributed by atoms with Crippen LogP contribution in [-0.2, 0) is 6.54 Å². The molecule has 1 aromatic carbocycles. The van der Waals surface area contributed by atoms with Crippen LogP contribution in [0.4, 0.5) is 10.1 Å². The maximum Gasteiger partial charge on any atom is 0.191 e. The molecule has 0 radical (unpaired) electrons. The number of rotatable bonds is 6. The molecule has 0 bridgehead atoms. The molecular formula is C17H27FN4. The molecule has 2 N–H and O–H groups in total. The number of hydrogen-bond acceptors (Lipinski definition) is 2. The van der Waals surface area contributed by atoms with Crippen LogP contribution in [0.25, 0.3) is 0 Å². The topological polar surface area (TPSA) is 39.7 Å². The molecule has 2 atom stereocenters. The van der Waals surface area contributed by atoms with E-state index in [9.17, 15) is 4.39 Å². The second kappa shape index (κ2) is 7.47. The van der Waals surface area contributed by atoms with Crippen molar-refractivity contribution in [3.63, 3.8) is 0 Å². The predicted molar refractivity (Wildman–Crippen MR) is 90.9 cm³/mol. The number of benzene rings is 1. The summed E-state index contributed by atoms with van der Waals surface area (Å²) < 4.78 is 14.2. The monoisotopic (exact) mass is 306 g/mol. The molecule has 1 aromatic rings. The van der Waals surface area contributed by atoms with Gasteiger partial charge in [0.15, 0.2) is 5.96 Å². The maximum atomic E-state index is 14.2. The number of anilines is 1. The lowest BCUT2D eigenvalue weighted by Crippen LogP contribution is -2.38. The number of nitrogens with one attached hydrogen (secondary N) is 2. The van der Waals surface area contributed by atoms with E-state index >= 15 is 0 Å². The Morgan fingerprint density at radius 1 is 1.36 bits per heavy atom. The van der Waals surface area contributed by atoms with Crippen LogP contribution in [0.15, 0.2) is 23.2 Å². The normalized spacial score (nSPS) is 20.7. The van der Waals surface area contributed by atoms with E-state index in [1.54, 1.807) is 13.1 Å². The van der Waals surface area contributed by atoms with Gasteiger partial charge in [0.05, 0.1) is 5.69 Å². The van der Waals surface area contributed by atoms with Gasteiger partial charge < -0.3 is 15.5 Å². The molecular weight excluding hydrogens is 279 g/mol. The van der Waals surface area contributed by atoms with Gasteiger partial charge in [-0.1, -0.05) is 13.0 Å². The smallest absolute Gasteiger partial charge is 0.191 e. The van der Waals surface area contributed by atoms with E-state index in [1.165, 1.54) is 6.42 Å². The largest absolute Gasteiger partial charge is 0.370 e. The summed E-state index contributed by atoms with van der Waals surface area (Å²) in [5, 5.41) is 6.60. The van der Waals surface area contributed by atoms with E-state index in [0.29, 0.717) is 24.2 Å². The van der Waals surface area contributed by atoms with Gasteiger partial charge in [0.1, 0.15) is 5.82 Å². The lowest BCUT2D eigenvalue weighted by atomic mass is 10.2. The highest BCUT2D eigenvalue weighted by Crippen LogP contribution is 2.28. The summed E-state index contributed by atoms with van der Waals surface area (Å²) in [6, 6.07) is 5.95. The molecule has 22 heavy (non-hydrogen) atoms. The van der Waals surface area contributed by atoms with Crippen LogP contribution in [0.1, 0.15) is 32.8 Å². The minimum atomic E-state index is -0.165. The molecule has 122 valence electrons. The first-order valence-electron chi connectivity index (χ1n) is 8.09. The van der Waals surface area contributed by atoms with Gasteiger partial charge in [-0.3, -0.25) is 4.99 Å². The van der Waals surface area contributed by atoms with E-state index in [1.807, 2.05) is 30.9 Å². The second-order valence-electron chi connectivity index (χ2n) is 5.85.